The number of carboxylic acids is 1. The standard InChI is InChI=1S/C20H18BrN5O2S/c21-16-17(10-1-3-11(4-2-10)20(27)28)25-19-13(9-24-26(19)18(16)22)12-7-15-14(23-8-12)5-6-29-15/h5-11H,1-4,22H2,(H,27,28). The molecule has 0 radical (unpaired) electrons. The monoisotopic (exact) mass is 471 g/mol. The first-order valence-corrected chi connectivity index (χ1v) is 11.1. The van der Waals surface area contributed by atoms with Gasteiger partial charge in [-0.05, 0) is 59.1 Å². The number of pyridine rings is 1. The molecule has 29 heavy (non-hydrogen) atoms. The molecule has 1 aliphatic carbocycles. The number of fused-ring (bicyclic) bond motifs is 2. The molecule has 0 bridgehead atoms. The highest BCUT2D eigenvalue weighted by molar-refractivity contribution is 9.10. The van der Waals surface area contributed by atoms with Crippen LogP contribution in [-0.2, 0) is 4.79 Å². The summed E-state index contributed by atoms with van der Waals surface area (Å²) in [5.74, 6) is -0.296. The van der Waals surface area contributed by atoms with Crippen LogP contribution in [0.4, 0.5) is 5.82 Å². The SMILES string of the molecule is Nc1c(Br)c(C2CCC(C(=O)O)CC2)nc2c(-c3cnc4ccsc4c3)cnn12. The molecule has 1 fully saturated rings. The van der Waals surface area contributed by atoms with E-state index in [1.807, 2.05) is 17.6 Å². The van der Waals surface area contributed by atoms with Crippen molar-refractivity contribution < 1.29 is 9.90 Å². The molecule has 0 spiro atoms. The van der Waals surface area contributed by atoms with Crippen molar-refractivity contribution in [3.05, 3.63) is 40.1 Å². The molecule has 0 unspecified atom stereocenters. The fraction of sp³-hybridized carbons (Fsp3) is 0.300. The number of nitrogen functional groups attached to an aromatic ring is 1. The lowest BCUT2D eigenvalue weighted by Gasteiger charge is -2.26. The summed E-state index contributed by atoms with van der Waals surface area (Å²) in [4.78, 5) is 20.7. The molecule has 4 aromatic heterocycles. The van der Waals surface area contributed by atoms with E-state index in [2.05, 4.69) is 32.1 Å². The molecule has 1 aliphatic rings. The van der Waals surface area contributed by atoms with Crippen LogP contribution in [0.3, 0.4) is 0 Å². The second kappa shape index (κ2) is 7.07. The third kappa shape index (κ3) is 3.08. The van der Waals surface area contributed by atoms with Crippen LogP contribution in [0.15, 0.2) is 34.4 Å². The van der Waals surface area contributed by atoms with Crippen LogP contribution in [0.25, 0.3) is 27.0 Å². The summed E-state index contributed by atoms with van der Waals surface area (Å²) in [6.45, 7) is 0. The molecule has 148 valence electrons. The highest BCUT2D eigenvalue weighted by Crippen LogP contribution is 2.40. The molecular weight excluding hydrogens is 454 g/mol. The van der Waals surface area contributed by atoms with Gasteiger partial charge >= 0.3 is 5.97 Å². The topological polar surface area (TPSA) is 106 Å². The minimum atomic E-state index is -0.708. The van der Waals surface area contributed by atoms with Crippen LogP contribution >= 0.6 is 27.3 Å². The second-order valence-corrected chi connectivity index (χ2v) is 9.15. The third-order valence-corrected chi connectivity index (χ3v) is 7.39. The summed E-state index contributed by atoms with van der Waals surface area (Å²) in [7, 11) is 0. The summed E-state index contributed by atoms with van der Waals surface area (Å²) in [6, 6.07) is 4.10. The molecule has 4 heterocycles. The summed E-state index contributed by atoms with van der Waals surface area (Å²) in [5.41, 5.74) is 10.8. The fourth-order valence-corrected chi connectivity index (χ4v) is 5.46. The Balaban J connectivity index is 1.59. The smallest absolute Gasteiger partial charge is 0.306 e. The van der Waals surface area contributed by atoms with Gasteiger partial charge in [-0.1, -0.05) is 0 Å². The molecule has 0 saturated heterocycles. The van der Waals surface area contributed by atoms with Crippen LogP contribution in [-0.4, -0.2) is 30.7 Å². The maximum atomic E-state index is 11.3. The Morgan fingerprint density at radius 1 is 1.28 bits per heavy atom. The van der Waals surface area contributed by atoms with Gasteiger partial charge in [0.15, 0.2) is 5.65 Å². The van der Waals surface area contributed by atoms with Crippen LogP contribution < -0.4 is 5.73 Å². The van der Waals surface area contributed by atoms with Gasteiger partial charge in [0.1, 0.15) is 5.82 Å². The number of nitrogens with two attached hydrogens (primary N) is 1. The number of rotatable bonds is 3. The van der Waals surface area contributed by atoms with Crippen molar-refractivity contribution in [1.82, 2.24) is 19.6 Å². The van der Waals surface area contributed by atoms with Crippen LogP contribution in [0.1, 0.15) is 37.3 Å². The Hall–Kier alpha value is -2.52. The minimum Gasteiger partial charge on any atom is -0.481 e. The van der Waals surface area contributed by atoms with Crippen LogP contribution in [0.5, 0.6) is 0 Å². The Kier molecular flexibility index (Phi) is 4.51. The summed E-state index contributed by atoms with van der Waals surface area (Å²) >= 11 is 5.25. The molecule has 0 aliphatic heterocycles. The highest BCUT2D eigenvalue weighted by Gasteiger charge is 2.30. The Bertz CT molecular complexity index is 1240. The first kappa shape index (κ1) is 18.5. The molecule has 4 aromatic rings. The Morgan fingerprint density at radius 3 is 2.83 bits per heavy atom. The maximum Gasteiger partial charge on any atom is 0.306 e. The lowest BCUT2D eigenvalue weighted by molar-refractivity contribution is -0.142. The lowest BCUT2D eigenvalue weighted by atomic mass is 9.80. The maximum absolute atomic E-state index is 11.3. The molecule has 1 saturated carbocycles. The van der Waals surface area contributed by atoms with Crippen molar-refractivity contribution in [3.63, 3.8) is 0 Å². The van der Waals surface area contributed by atoms with Crippen molar-refractivity contribution in [2.75, 3.05) is 5.73 Å². The van der Waals surface area contributed by atoms with Gasteiger partial charge in [-0.3, -0.25) is 9.78 Å². The van der Waals surface area contributed by atoms with Gasteiger partial charge in [-0.15, -0.1) is 11.3 Å². The number of halogens is 1. The Morgan fingerprint density at radius 2 is 2.07 bits per heavy atom. The van der Waals surface area contributed by atoms with E-state index in [1.54, 1.807) is 22.0 Å². The number of thiophene rings is 1. The van der Waals surface area contributed by atoms with Crippen molar-refractivity contribution in [1.29, 1.82) is 0 Å². The summed E-state index contributed by atoms with van der Waals surface area (Å²) < 4.78 is 3.49. The number of anilines is 1. The van der Waals surface area contributed by atoms with Gasteiger partial charge in [-0.2, -0.15) is 9.61 Å². The average molecular weight is 472 g/mol. The molecule has 0 aromatic carbocycles. The van der Waals surface area contributed by atoms with Crippen LogP contribution in [0, 0.1) is 5.92 Å². The molecule has 5 rings (SSSR count). The molecule has 3 N–H and O–H groups in total. The van der Waals surface area contributed by atoms with Gasteiger partial charge in [0.2, 0.25) is 0 Å². The van der Waals surface area contributed by atoms with E-state index in [1.165, 1.54) is 0 Å². The van der Waals surface area contributed by atoms with Crippen molar-refractivity contribution in [2.24, 2.45) is 5.92 Å². The largest absolute Gasteiger partial charge is 0.481 e. The van der Waals surface area contributed by atoms with E-state index in [0.717, 1.165) is 44.4 Å². The molecule has 9 heteroatoms. The molecule has 0 amide bonds. The normalized spacial score (nSPS) is 19.8. The first-order chi connectivity index (χ1) is 14.0. The zero-order valence-electron chi connectivity index (χ0n) is 15.4. The van der Waals surface area contributed by atoms with E-state index in [0.29, 0.717) is 24.3 Å². The average Bonchev–Trinajstić information content (AvgIpc) is 3.37. The molecule has 7 nitrogen and oxygen atoms in total. The number of aliphatic carboxylic acids is 1. The molecule has 0 atom stereocenters. The van der Waals surface area contributed by atoms with Gasteiger partial charge in [0.25, 0.3) is 0 Å². The Labute approximate surface area is 178 Å². The van der Waals surface area contributed by atoms with E-state index < -0.39 is 5.97 Å². The first-order valence-electron chi connectivity index (χ1n) is 9.42. The van der Waals surface area contributed by atoms with Crippen molar-refractivity contribution >= 4 is 54.9 Å². The quantitative estimate of drug-likeness (QED) is 0.447. The van der Waals surface area contributed by atoms with Gasteiger partial charge in [0, 0.05) is 23.2 Å². The predicted molar refractivity (Wildman–Crippen MR) is 116 cm³/mol. The zero-order valence-corrected chi connectivity index (χ0v) is 17.8. The summed E-state index contributed by atoms with van der Waals surface area (Å²) in [5, 5.41) is 15.7. The van der Waals surface area contributed by atoms with E-state index in [-0.39, 0.29) is 11.8 Å². The van der Waals surface area contributed by atoms with E-state index >= 15 is 0 Å². The number of hydrogen-bond donors (Lipinski definition) is 2. The van der Waals surface area contributed by atoms with Gasteiger partial charge < -0.3 is 10.8 Å². The number of carbonyl (C=O) groups is 1. The van der Waals surface area contributed by atoms with Crippen LogP contribution in [0.2, 0.25) is 0 Å². The highest BCUT2D eigenvalue weighted by atomic mass is 79.9. The zero-order chi connectivity index (χ0) is 20.1. The number of hydrogen-bond acceptors (Lipinski definition) is 6. The number of aromatic nitrogens is 4. The predicted octanol–water partition coefficient (Wildman–Crippen LogP) is 4.71. The third-order valence-electron chi connectivity index (χ3n) is 5.72. The van der Waals surface area contributed by atoms with Gasteiger partial charge in [-0.25, -0.2) is 4.98 Å². The van der Waals surface area contributed by atoms with E-state index in [4.69, 9.17) is 10.7 Å². The number of nitrogens with zero attached hydrogens (tertiary/aromatic N) is 4. The second-order valence-electron chi connectivity index (χ2n) is 7.40. The van der Waals surface area contributed by atoms with Gasteiger partial charge in [0.05, 0.1) is 32.5 Å². The minimum absolute atomic E-state index is 0.174. The van der Waals surface area contributed by atoms with E-state index in [9.17, 15) is 9.90 Å². The van der Waals surface area contributed by atoms with Crippen molar-refractivity contribution in [2.45, 2.75) is 31.6 Å². The fourth-order valence-electron chi connectivity index (χ4n) is 4.09. The van der Waals surface area contributed by atoms with Crippen molar-refractivity contribution in [3.8, 4) is 11.1 Å². The summed E-state index contributed by atoms with van der Waals surface area (Å²) in [6.07, 6.45) is 6.49. The lowest BCUT2D eigenvalue weighted by Crippen LogP contribution is -2.21. The number of carboxylic acid groups (broad SMARTS) is 1. The molecular formula is C20H18BrN5O2S.